The Bertz CT molecular complexity index is 174. The van der Waals surface area contributed by atoms with Crippen molar-refractivity contribution in [3.63, 3.8) is 0 Å². The zero-order valence-corrected chi connectivity index (χ0v) is 8.86. The summed E-state index contributed by atoms with van der Waals surface area (Å²) in [6.45, 7) is 8.89. The predicted molar refractivity (Wildman–Crippen MR) is 52.9 cm³/mol. The second-order valence-corrected chi connectivity index (χ2v) is 4.56. The zero-order valence-electron chi connectivity index (χ0n) is 8.86. The average Bonchev–Trinajstić information content (AvgIpc) is 1.76. The summed E-state index contributed by atoms with van der Waals surface area (Å²) in [7, 11) is 2.23. The van der Waals surface area contributed by atoms with Crippen LogP contribution in [0.1, 0.15) is 13.8 Å². The molecule has 0 aromatic carbocycles. The lowest BCUT2D eigenvalue weighted by Crippen LogP contribution is -2.64. The van der Waals surface area contributed by atoms with E-state index in [1.807, 2.05) is 0 Å². The van der Waals surface area contributed by atoms with Gasteiger partial charge < -0.3 is 4.74 Å². The maximum Gasteiger partial charge on any atom is 0.0645 e. The van der Waals surface area contributed by atoms with Gasteiger partial charge in [-0.3, -0.25) is 9.80 Å². The Morgan fingerprint density at radius 3 is 2.23 bits per heavy atom. The van der Waals surface area contributed by atoms with E-state index in [0.29, 0.717) is 12.1 Å². The van der Waals surface area contributed by atoms with Gasteiger partial charge in [0.25, 0.3) is 0 Å². The van der Waals surface area contributed by atoms with Crippen LogP contribution in [-0.4, -0.2) is 61.3 Å². The van der Waals surface area contributed by atoms with Crippen molar-refractivity contribution < 1.29 is 4.74 Å². The maximum atomic E-state index is 5.19. The molecule has 0 bridgehead atoms. The average molecular weight is 184 g/mol. The van der Waals surface area contributed by atoms with E-state index in [1.165, 1.54) is 13.1 Å². The van der Waals surface area contributed by atoms with Gasteiger partial charge in [-0.1, -0.05) is 0 Å². The third kappa shape index (κ3) is 1.73. The van der Waals surface area contributed by atoms with Gasteiger partial charge in [0.05, 0.1) is 19.3 Å². The van der Waals surface area contributed by atoms with Gasteiger partial charge in [-0.25, -0.2) is 0 Å². The molecule has 0 aliphatic carbocycles. The largest absolute Gasteiger partial charge is 0.378 e. The van der Waals surface area contributed by atoms with Crippen LogP contribution < -0.4 is 0 Å². The van der Waals surface area contributed by atoms with Gasteiger partial charge in [0.15, 0.2) is 0 Å². The van der Waals surface area contributed by atoms with Crippen molar-refractivity contribution in [3.8, 4) is 0 Å². The van der Waals surface area contributed by atoms with Gasteiger partial charge in [0.2, 0.25) is 0 Å². The van der Waals surface area contributed by atoms with Crippen LogP contribution in [0.4, 0.5) is 0 Å². The molecule has 0 aromatic rings. The molecule has 2 aliphatic rings. The summed E-state index contributed by atoms with van der Waals surface area (Å²) in [4.78, 5) is 5.00. The van der Waals surface area contributed by atoms with Crippen LogP contribution in [0.2, 0.25) is 0 Å². The minimum absolute atomic E-state index is 0.694. The van der Waals surface area contributed by atoms with Gasteiger partial charge in [0.1, 0.15) is 0 Å². The number of rotatable bonds is 3. The lowest BCUT2D eigenvalue weighted by atomic mass is 10.0. The molecule has 0 atom stereocenters. The standard InChI is InChI=1S/C10H20N2O/c1-8(2)12-4-9(5-12)11(3)10-6-13-7-10/h8-10H,4-7H2,1-3H3. The molecular weight excluding hydrogens is 164 g/mol. The Balaban J connectivity index is 1.72. The number of ether oxygens (including phenoxy) is 1. The Morgan fingerprint density at radius 2 is 1.85 bits per heavy atom. The molecule has 0 amide bonds. The molecule has 2 aliphatic heterocycles. The summed E-state index contributed by atoms with van der Waals surface area (Å²) in [5, 5.41) is 0. The maximum absolute atomic E-state index is 5.19. The third-order valence-corrected chi connectivity index (χ3v) is 3.39. The summed E-state index contributed by atoms with van der Waals surface area (Å²) in [5.41, 5.74) is 0. The van der Waals surface area contributed by atoms with Crippen LogP contribution in [0.3, 0.4) is 0 Å². The molecule has 0 radical (unpaired) electrons. The Labute approximate surface area is 80.6 Å². The summed E-state index contributed by atoms with van der Waals surface area (Å²) in [6.07, 6.45) is 0. The lowest BCUT2D eigenvalue weighted by Gasteiger charge is -2.50. The molecule has 0 unspecified atom stereocenters. The van der Waals surface area contributed by atoms with E-state index in [0.717, 1.165) is 19.3 Å². The molecule has 2 fully saturated rings. The first-order valence-electron chi connectivity index (χ1n) is 5.22. The van der Waals surface area contributed by atoms with Gasteiger partial charge >= 0.3 is 0 Å². The second-order valence-electron chi connectivity index (χ2n) is 4.56. The smallest absolute Gasteiger partial charge is 0.0645 e. The molecule has 2 saturated heterocycles. The highest BCUT2D eigenvalue weighted by Gasteiger charge is 2.36. The molecule has 76 valence electrons. The topological polar surface area (TPSA) is 15.7 Å². The van der Waals surface area contributed by atoms with E-state index in [1.54, 1.807) is 0 Å². The van der Waals surface area contributed by atoms with Crippen LogP contribution in [0, 0.1) is 0 Å². The van der Waals surface area contributed by atoms with Crippen LogP contribution >= 0.6 is 0 Å². The Kier molecular flexibility index (Phi) is 2.58. The van der Waals surface area contributed by atoms with Crippen LogP contribution in [0.25, 0.3) is 0 Å². The quantitative estimate of drug-likeness (QED) is 0.632. The molecule has 0 spiro atoms. The minimum Gasteiger partial charge on any atom is -0.378 e. The summed E-state index contributed by atoms with van der Waals surface area (Å²) in [6, 6.07) is 2.18. The number of likely N-dealkylation sites (N-methyl/N-ethyl adjacent to an activating group) is 1. The highest BCUT2D eigenvalue weighted by atomic mass is 16.5. The van der Waals surface area contributed by atoms with E-state index >= 15 is 0 Å². The SMILES string of the molecule is CC(C)N1CC(N(C)C2COC2)C1. The van der Waals surface area contributed by atoms with Crippen molar-refractivity contribution >= 4 is 0 Å². The Morgan fingerprint density at radius 1 is 1.23 bits per heavy atom. The fourth-order valence-electron chi connectivity index (χ4n) is 1.92. The zero-order chi connectivity index (χ0) is 9.42. The summed E-state index contributed by atoms with van der Waals surface area (Å²) in [5.74, 6) is 0. The highest BCUT2D eigenvalue weighted by Crippen LogP contribution is 2.20. The van der Waals surface area contributed by atoms with Crippen molar-refractivity contribution in [2.45, 2.75) is 32.0 Å². The summed E-state index contributed by atoms with van der Waals surface area (Å²) < 4.78 is 5.19. The van der Waals surface area contributed by atoms with Gasteiger partial charge in [-0.2, -0.15) is 0 Å². The molecule has 2 heterocycles. The molecule has 0 N–H and O–H groups in total. The van der Waals surface area contributed by atoms with Crippen LogP contribution in [0.15, 0.2) is 0 Å². The van der Waals surface area contributed by atoms with Gasteiger partial charge in [0, 0.05) is 25.2 Å². The third-order valence-electron chi connectivity index (χ3n) is 3.39. The normalized spacial score (nSPS) is 26.5. The van der Waals surface area contributed by atoms with E-state index in [2.05, 4.69) is 30.7 Å². The van der Waals surface area contributed by atoms with Crippen molar-refractivity contribution in [2.24, 2.45) is 0 Å². The molecule has 3 heteroatoms. The summed E-state index contributed by atoms with van der Waals surface area (Å²) >= 11 is 0. The monoisotopic (exact) mass is 184 g/mol. The van der Waals surface area contributed by atoms with Gasteiger partial charge in [-0.05, 0) is 20.9 Å². The number of nitrogens with zero attached hydrogens (tertiary/aromatic N) is 2. The fourth-order valence-corrected chi connectivity index (χ4v) is 1.92. The number of hydrogen-bond donors (Lipinski definition) is 0. The van der Waals surface area contributed by atoms with Crippen molar-refractivity contribution in [2.75, 3.05) is 33.4 Å². The molecule has 3 nitrogen and oxygen atoms in total. The van der Waals surface area contributed by atoms with Crippen molar-refractivity contribution in [1.82, 2.24) is 9.80 Å². The lowest BCUT2D eigenvalue weighted by molar-refractivity contribution is -0.0965. The first-order valence-corrected chi connectivity index (χ1v) is 5.22. The number of likely N-dealkylation sites (tertiary alicyclic amines) is 1. The number of hydrogen-bond acceptors (Lipinski definition) is 3. The van der Waals surface area contributed by atoms with Gasteiger partial charge in [-0.15, -0.1) is 0 Å². The predicted octanol–water partition coefficient (Wildman–Crippen LogP) is 0.410. The van der Waals surface area contributed by atoms with Crippen molar-refractivity contribution in [3.05, 3.63) is 0 Å². The molecular formula is C10H20N2O. The van der Waals surface area contributed by atoms with Crippen molar-refractivity contribution in [1.29, 1.82) is 0 Å². The Hall–Kier alpha value is -0.120. The van der Waals surface area contributed by atoms with Crippen LogP contribution in [-0.2, 0) is 4.74 Å². The highest BCUT2D eigenvalue weighted by molar-refractivity contribution is 4.92. The van der Waals surface area contributed by atoms with E-state index in [-0.39, 0.29) is 0 Å². The molecule has 13 heavy (non-hydrogen) atoms. The second kappa shape index (κ2) is 3.56. The van der Waals surface area contributed by atoms with E-state index < -0.39 is 0 Å². The molecule has 0 saturated carbocycles. The molecule has 2 rings (SSSR count). The van der Waals surface area contributed by atoms with Crippen LogP contribution in [0.5, 0.6) is 0 Å². The molecule has 0 aromatic heterocycles. The van der Waals surface area contributed by atoms with E-state index in [9.17, 15) is 0 Å². The first kappa shape index (κ1) is 9.44. The van der Waals surface area contributed by atoms with E-state index in [4.69, 9.17) is 4.74 Å². The minimum atomic E-state index is 0.694. The fraction of sp³-hybridized carbons (Fsp3) is 1.00. The first-order chi connectivity index (χ1) is 6.18.